The normalized spacial score (nSPS) is 13.2. The van der Waals surface area contributed by atoms with Gasteiger partial charge in [-0.3, -0.25) is 9.78 Å². The van der Waals surface area contributed by atoms with Gasteiger partial charge in [0.1, 0.15) is 9.71 Å². The molecule has 5 nitrogen and oxygen atoms in total. The van der Waals surface area contributed by atoms with Crippen LogP contribution in [-0.2, 0) is 12.8 Å². The monoisotopic (exact) mass is 446 g/mol. The summed E-state index contributed by atoms with van der Waals surface area (Å²) >= 11 is 3.03. The predicted molar refractivity (Wildman–Crippen MR) is 130 cm³/mol. The summed E-state index contributed by atoms with van der Waals surface area (Å²) in [6.07, 6.45) is 9.87. The van der Waals surface area contributed by atoms with Crippen LogP contribution in [0.1, 0.15) is 33.8 Å². The fourth-order valence-corrected chi connectivity index (χ4v) is 5.59. The van der Waals surface area contributed by atoms with Crippen LogP contribution in [0.5, 0.6) is 0 Å². The first-order valence-electron chi connectivity index (χ1n) is 10.2. The van der Waals surface area contributed by atoms with E-state index in [-0.39, 0.29) is 5.91 Å². The van der Waals surface area contributed by atoms with Crippen molar-refractivity contribution in [2.75, 3.05) is 17.3 Å². The number of fused-ring (bicyclic) bond motifs is 2. The van der Waals surface area contributed by atoms with Crippen LogP contribution < -0.4 is 11.1 Å². The molecule has 1 aromatic carbocycles. The van der Waals surface area contributed by atoms with Gasteiger partial charge in [0.05, 0.1) is 5.69 Å². The van der Waals surface area contributed by atoms with Crippen LogP contribution in [0.15, 0.2) is 53.7 Å². The topological polar surface area (TPSA) is 80.9 Å². The molecule has 0 aliphatic heterocycles. The number of amides is 1. The van der Waals surface area contributed by atoms with Gasteiger partial charge < -0.3 is 11.1 Å². The quantitative estimate of drug-likeness (QED) is 0.388. The highest BCUT2D eigenvalue weighted by Gasteiger charge is 2.25. The Bertz CT molecular complexity index is 1270. The van der Waals surface area contributed by atoms with Gasteiger partial charge in [-0.25, -0.2) is 4.98 Å². The molecule has 0 radical (unpaired) electrons. The summed E-state index contributed by atoms with van der Waals surface area (Å²) in [7, 11) is 0. The van der Waals surface area contributed by atoms with Crippen LogP contribution in [0.2, 0.25) is 0 Å². The molecule has 3 N–H and O–H groups in total. The minimum atomic E-state index is -0.201. The van der Waals surface area contributed by atoms with E-state index in [0.29, 0.717) is 10.6 Å². The predicted octanol–water partition coefficient (Wildman–Crippen LogP) is 5.79. The Morgan fingerprint density at radius 1 is 1.16 bits per heavy atom. The molecule has 1 aliphatic carbocycles. The number of thioether (sulfide) groups is 1. The average Bonchev–Trinajstić information content (AvgIpc) is 3.14. The van der Waals surface area contributed by atoms with Crippen molar-refractivity contribution in [1.82, 2.24) is 9.97 Å². The third-order valence-electron chi connectivity index (χ3n) is 5.66. The maximum Gasteiger partial charge on any atom is 0.267 e. The van der Waals surface area contributed by atoms with Gasteiger partial charge in [0.15, 0.2) is 0 Å². The fourth-order valence-electron chi connectivity index (χ4n) is 4.17. The number of aryl methyl sites for hydroxylation is 1. The number of nitrogens with one attached hydrogen (secondary N) is 1. The number of benzene rings is 1. The second-order valence-electron chi connectivity index (χ2n) is 7.57. The lowest BCUT2D eigenvalue weighted by molar-refractivity contribution is 0.103. The highest BCUT2D eigenvalue weighted by atomic mass is 32.2. The molecule has 0 unspecified atom stereocenters. The van der Waals surface area contributed by atoms with E-state index < -0.39 is 0 Å². The van der Waals surface area contributed by atoms with Crippen molar-refractivity contribution in [3.63, 3.8) is 0 Å². The van der Waals surface area contributed by atoms with E-state index in [9.17, 15) is 4.79 Å². The standard InChI is InChI=1S/C24H22N4OS2/c1-30-16-10-8-15(9-11-16)27-23(29)22-21(25)20-19(14-5-4-12-26-13-14)17-6-2-3-7-18(17)28-24(20)31-22/h4-5,8-13H,2-3,6-7,25H2,1H3,(H,27,29). The van der Waals surface area contributed by atoms with E-state index in [0.717, 1.165) is 63.3 Å². The highest BCUT2D eigenvalue weighted by molar-refractivity contribution is 7.98. The molecule has 1 amide bonds. The van der Waals surface area contributed by atoms with Gasteiger partial charge in [-0.05, 0) is 67.8 Å². The summed E-state index contributed by atoms with van der Waals surface area (Å²) in [4.78, 5) is 24.8. The molecule has 0 spiro atoms. The zero-order valence-corrected chi connectivity index (χ0v) is 18.8. The number of nitrogens with zero attached hydrogens (tertiary/aromatic N) is 2. The summed E-state index contributed by atoms with van der Waals surface area (Å²) < 4.78 is 0. The highest BCUT2D eigenvalue weighted by Crippen LogP contribution is 2.43. The summed E-state index contributed by atoms with van der Waals surface area (Å²) in [5, 5.41) is 3.86. The molecule has 4 aromatic rings. The number of thiophene rings is 1. The first-order valence-corrected chi connectivity index (χ1v) is 12.3. The molecule has 0 atom stereocenters. The largest absolute Gasteiger partial charge is 0.397 e. The SMILES string of the molecule is CSc1ccc(NC(=O)c2sc3nc4c(c(-c5cccnc5)c3c2N)CCCC4)cc1. The maximum absolute atomic E-state index is 13.1. The maximum atomic E-state index is 13.1. The van der Waals surface area contributed by atoms with Crippen molar-refractivity contribution >= 4 is 50.6 Å². The molecule has 5 rings (SSSR count). The zero-order chi connectivity index (χ0) is 21.4. The molecule has 1 aliphatic rings. The van der Waals surface area contributed by atoms with Crippen molar-refractivity contribution in [2.24, 2.45) is 0 Å². The van der Waals surface area contributed by atoms with E-state index in [1.54, 1.807) is 18.0 Å². The number of nitrogen functional groups attached to an aromatic ring is 1. The Morgan fingerprint density at radius 2 is 1.97 bits per heavy atom. The molecule has 0 saturated heterocycles. The third-order valence-corrected chi connectivity index (χ3v) is 7.50. The number of carbonyl (C=O) groups is 1. The van der Waals surface area contributed by atoms with Gasteiger partial charge in [0.2, 0.25) is 0 Å². The summed E-state index contributed by atoms with van der Waals surface area (Å²) in [5.74, 6) is -0.201. The molecule has 0 fully saturated rings. The molecule has 31 heavy (non-hydrogen) atoms. The van der Waals surface area contributed by atoms with Gasteiger partial charge in [-0.15, -0.1) is 23.1 Å². The van der Waals surface area contributed by atoms with Gasteiger partial charge in [0, 0.05) is 45.2 Å². The van der Waals surface area contributed by atoms with Crippen molar-refractivity contribution in [2.45, 2.75) is 30.6 Å². The summed E-state index contributed by atoms with van der Waals surface area (Å²) in [6.45, 7) is 0. The number of anilines is 2. The van der Waals surface area contributed by atoms with E-state index in [4.69, 9.17) is 10.7 Å². The lowest BCUT2D eigenvalue weighted by Crippen LogP contribution is -2.12. The minimum Gasteiger partial charge on any atom is -0.397 e. The van der Waals surface area contributed by atoms with Crippen LogP contribution >= 0.6 is 23.1 Å². The van der Waals surface area contributed by atoms with Crippen molar-refractivity contribution in [3.8, 4) is 11.1 Å². The number of hydrogen-bond donors (Lipinski definition) is 2. The molecule has 3 heterocycles. The van der Waals surface area contributed by atoms with Crippen molar-refractivity contribution < 1.29 is 4.79 Å². The van der Waals surface area contributed by atoms with Gasteiger partial charge in [-0.1, -0.05) is 6.07 Å². The number of hydrogen-bond acceptors (Lipinski definition) is 6. The van der Waals surface area contributed by atoms with Crippen LogP contribution in [-0.4, -0.2) is 22.1 Å². The van der Waals surface area contributed by atoms with Crippen LogP contribution in [0.4, 0.5) is 11.4 Å². The van der Waals surface area contributed by atoms with Gasteiger partial charge in [-0.2, -0.15) is 0 Å². The molecule has 7 heteroatoms. The van der Waals surface area contributed by atoms with Crippen LogP contribution in [0.3, 0.4) is 0 Å². The van der Waals surface area contributed by atoms with E-state index in [1.807, 2.05) is 42.8 Å². The Labute approximate surface area is 189 Å². The van der Waals surface area contributed by atoms with Crippen LogP contribution in [0, 0.1) is 0 Å². The smallest absolute Gasteiger partial charge is 0.267 e. The van der Waals surface area contributed by atoms with Crippen molar-refractivity contribution in [1.29, 1.82) is 0 Å². The van der Waals surface area contributed by atoms with E-state index in [2.05, 4.69) is 16.4 Å². The number of rotatable bonds is 4. The van der Waals surface area contributed by atoms with Gasteiger partial charge in [0.25, 0.3) is 5.91 Å². The third kappa shape index (κ3) is 3.68. The number of aromatic nitrogens is 2. The zero-order valence-electron chi connectivity index (χ0n) is 17.1. The molecule has 0 bridgehead atoms. The van der Waals surface area contributed by atoms with E-state index >= 15 is 0 Å². The lowest BCUT2D eigenvalue weighted by atomic mass is 9.88. The molecule has 0 saturated carbocycles. The number of nitrogens with two attached hydrogens (primary N) is 1. The molecule has 156 valence electrons. The Balaban J connectivity index is 1.62. The molecule has 3 aromatic heterocycles. The molecular weight excluding hydrogens is 424 g/mol. The van der Waals surface area contributed by atoms with Crippen LogP contribution in [0.25, 0.3) is 21.3 Å². The Hall–Kier alpha value is -2.90. The summed E-state index contributed by atoms with van der Waals surface area (Å²) in [6, 6.07) is 11.8. The Morgan fingerprint density at radius 3 is 2.71 bits per heavy atom. The average molecular weight is 447 g/mol. The first kappa shape index (κ1) is 20.0. The summed E-state index contributed by atoms with van der Waals surface area (Å²) in [5.41, 5.74) is 12.3. The number of carbonyl (C=O) groups excluding carboxylic acids is 1. The lowest BCUT2D eigenvalue weighted by Gasteiger charge is -2.20. The minimum absolute atomic E-state index is 0.201. The fraction of sp³-hybridized carbons (Fsp3) is 0.208. The second-order valence-corrected chi connectivity index (χ2v) is 9.45. The van der Waals surface area contributed by atoms with E-state index in [1.165, 1.54) is 16.9 Å². The Kier molecular flexibility index (Phi) is 5.38. The van der Waals surface area contributed by atoms with Crippen molar-refractivity contribution in [3.05, 3.63) is 64.9 Å². The first-order chi connectivity index (χ1) is 15.2. The molecular formula is C24H22N4OS2. The second kappa shape index (κ2) is 8.32. The number of pyridine rings is 2. The van der Waals surface area contributed by atoms with Gasteiger partial charge >= 0.3 is 0 Å².